The lowest BCUT2D eigenvalue weighted by Gasteiger charge is -2.34. The van der Waals surface area contributed by atoms with E-state index in [1.165, 1.54) is 32.2 Å². The Morgan fingerprint density at radius 2 is 1.87 bits per heavy atom. The van der Waals surface area contributed by atoms with Crippen LogP contribution in [0.1, 0.15) is 25.0 Å². The minimum Gasteiger partial charge on any atom is -0.280 e. The quantitative estimate of drug-likeness (QED) is 0.627. The van der Waals surface area contributed by atoms with Crippen LogP contribution < -0.4 is 0 Å². The molecule has 0 fully saturated rings. The second kappa shape index (κ2) is 2.84. The standard InChI is InChI=1S/C11H10F3N/c1-10(2)11(13,14)9-7(6-15-10)4-3-5-8(9)12/h3-6H,1-2H3. The molecule has 0 atom stereocenters. The fourth-order valence-corrected chi connectivity index (χ4v) is 1.60. The Labute approximate surface area is 85.6 Å². The van der Waals surface area contributed by atoms with E-state index in [0.29, 0.717) is 0 Å². The van der Waals surface area contributed by atoms with E-state index in [4.69, 9.17) is 0 Å². The second-order valence-electron chi connectivity index (χ2n) is 4.10. The Morgan fingerprint density at radius 1 is 1.20 bits per heavy atom. The fraction of sp³-hybridized carbons (Fsp3) is 0.364. The first kappa shape index (κ1) is 10.2. The number of hydrogen-bond donors (Lipinski definition) is 0. The van der Waals surface area contributed by atoms with Crippen LogP contribution in [0.15, 0.2) is 23.2 Å². The topological polar surface area (TPSA) is 12.4 Å². The molecule has 0 saturated carbocycles. The van der Waals surface area contributed by atoms with Crippen molar-refractivity contribution < 1.29 is 13.2 Å². The van der Waals surface area contributed by atoms with Crippen LogP contribution in [0.3, 0.4) is 0 Å². The normalized spacial score (nSPS) is 21.1. The van der Waals surface area contributed by atoms with Gasteiger partial charge in [0, 0.05) is 11.8 Å². The van der Waals surface area contributed by atoms with E-state index in [0.717, 1.165) is 6.07 Å². The molecule has 0 unspecified atom stereocenters. The molecule has 0 aromatic heterocycles. The molecule has 2 rings (SSSR count). The van der Waals surface area contributed by atoms with Crippen molar-refractivity contribution in [3.8, 4) is 0 Å². The number of alkyl halides is 2. The summed E-state index contributed by atoms with van der Waals surface area (Å²) in [4.78, 5) is 3.76. The maximum atomic E-state index is 13.9. The molecule has 1 aromatic carbocycles. The van der Waals surface area contributed by atoms with E-state index in [9.17, 15) is 13.2 Å². The summed E-state index contributed by atoms with van der Waals surface area (Å²) in [5, 5.41) is 0. The number of fused-ring (bicyclic) bond motifs is 1. The van der Waals surface area contributed by atoms with Gasteiger partial charge < -0.3 is 0 Å². The number of hydrogen-bond acceptors (Lipinski definition) is 1. The molecule has 80 valence electrons. The van der Waals surface area contributed by atoms with E-state index >= 15 is 0 Å². The van der Waals surface area contributed by atoms with Crippen LogP contribution in [0.4, 0.5) is 13.2 Å². The number of aliphatic imine (C=N–C) groups is 1. The molecular formula is C11H10F3N. The van der Waals surface area contributed by atoms with Gasteiger partial charge in [0.05, 0.1) is 5.56 Å². The second-order valence-corrected chi connectivity index (χ2v) is 4.10. The molecule has 0 saturated heterocycles. The molecule has 0 aliphatic carbocycles. The van der Waals surface area contributed by atoms with Crippen molar-refractivity contribution in [3.63, 3.8) is 0 Å². The smallest absolute Gasteiger partial charge is 0.280 e. The Bertz CT molecular complexity index is 435. The Hall–Kier alpha value is -1.32. The summed E-state index contributed by atoms with van der Waals surface area (Å²) < 4.78 is 41.1. The highest BCUT2D eigenvalue weighted by molar-refractivity contribution is 5.84. The first-order valence-corrected chi connectivity index (χ1v) is 4.58. The minimum absolute atomic E-state index is 0.152. The van der Waals surface area contributed by atoms with Crippen LogP contribution >= 0.6 is 0 Å². The first-order valence-electron chi connectivity index (χ1n) is 4.58. The summed E-state index contributed by atoms with van der Waals surface area (Å²) in [5.41, 5.74) is -1.99. The van der Waals surface area contributed by atoms with Crippen LogP contribution in [0.5, 0.6) is 0 Å². The highest BCUT2D eigenvalue weighted by Crippen LogP contribution is 2.45. The molecule has 1 aromatic rings. The number of halogens is 3. The largest absolute Gasteiger partial charge is 0.300 e. The van der Waals surface area contributed by atoms with Crippen molar-refractivity contribution in [2.75, 3.05) is 0 Å². The van der Waals surface area contributed by atoms with Crippen molar-refractivity contribution in [1.82, 2.24) is 0 Å². The average Bonchev–Trinajstić information content (AvgIpc) is 2.12. The first-order chi connectivity index (χ1) is 6.86. The lowest BCUT2D eigenvalue weighted by Crippen LogP contribution is -2.42. The SMILES string of the molecule is CC1(C)N=Cc2cccc(F)c2C1(F)F. The Balaban J connectivity index is 2.74. The zero-order valence-electron chi connectivity index (χ0n) is 8.39. The van der Waals surface area contributed by atoms with Crippen molar-refractivity contribution in [2.24, 2.45) is 4.99 Å². The summed E-state index contributed by atoms with van der Waals surface area (Å²) in [7, 11) is 0. The molecule has 1 aliphatic heterocycles. The average molecular weight is 213 g/mol. The molecule has 4 heteroatoms. The predicted molar refractivity (Wildman–Crippen MR) is 52.0 cm³/mol. The molecule has 0 bridgehead atoms. The molecule has 15 heavy (non-hydrogen) atoms. The van der Waals surface area contributed by atoms with Gasteiger partial charge in [-0.05, 0) is 19.9 Å². The zero-order chi connectivity index (χ0) is 11.3. The molecular weight excluding hydrogens is 203 g/mol. The third-order valence-electron chi connectivity index (χ3n) is 2.65. The van der Waals surface area contributed by atoms with Crippen LogP contribution in [0.2, 0.25) is 0 Å². The summed E-state index contributed by atoms with van der Waals surface area (Å²) >= 11 is 0. The molecule has 1 heterocycles. The van der Waals surface area contributed by atoms with Crippen molar-refractivity contribution >= 4 is 6.21 Å². The van der Waals surface area contributed by atoms with E-state index in [1.807, 2.05) is 0 Å². The van der Waals surface area contributed by atoms with Gasteiger partial charge in [-0.25, -0.2) is 4.39 Å². The summed E-state index contributed by atoms with van der Waals surface area (Å²) in [6, 6.07) is 3.88. The van der Waals surface area contributed by atoms with Gasteiger partial charge in [0.15, 0.2) is 0 Å². The van der Waals surface area contributed by atoms with Gasteiger partial charge in [0.1, 0.15) is 11.4 Å². The highest BCUT2D eigenvalue weighted by atomic mass is 19.3. The van der Waals surface area contributed by atoms with Gasteiger partial charge in [-0.1, -0.05) is 12.1 Å². The molecule has 1 aliphatic rings. The highest BCUT2D eigenvalue weighted by Gasteiger charge is 2.52. The fourth-order valence-electron chi connectivity index (χ4n) is 1.60. The molecule has 1 nitrogen and oxygen atoms in total. The summed E-state index contributed by atoms with van der Waals surface area (Å²) in [6.07, 6.45) is 1.30. The lowest BCUT2D eigenvalue weighted by atomic mass is 9.85. The van der Waals surface area contributed by atoms with Crippen LogP contribution in [0, 0.1) is 5.82 Å². The number of nitrogens with zero attached hydrogens (tertiary/aromatic N) is 1. The van der Waals surface area contributed by atoms with Crippen molar-refractivity contribution in [1.29, 1.82) is 0 Å². The van der Waals surface area contributed by atoms with Gasteiger partial charge in [0.2, 0.25) is 0 Å². The third kappa shape index (κ3) is 1.28. The van der Waals surface area contributed by atoms with Crippen LogP contribution in [0.25, 0.3) is 0 Å². The zero-order valence-corrected chi connectivity index (χ0v) is 8.39. The predicted octanol–water partition coefficient (Wildman–Crippen LogP) is 3.13. The lowest BCUT2D eigenvalue weighted by molar-refractivity contribution is -0.0706. The Kier molecular flexibility index (Phi) is 1.93. The molecule has 0 N–H and O–H groups in total. The maximum absolute atomic E-state index is 13.9. The number of rotatable bonds is 0. The van der Waals surface area contributed by atoms with E-state index in [2.05, 4.69) is 4.99 Å². The van der Waals surface area contributed by atoms with Crippen LogP contribution in [-0.2, 0) is 5.92 Å². The van der Waals surface area contributed by atoms with E-state index in [-0.39, 0.29) is 5.56 Å². The molecule has 0 spiro atoms. The van der Waals surface area contributed by atoms with Crippen LogP contribution in [-0.4, -0.2) is 11.8 Å². The molecule has 0 radical (unpaired) electrons. The van der Waals surface area contributed by atoms with Gasteiger partial charge in [0.25, 0.3) is 0 Å². The Morgan fingerprint density at radius 3 is 2.53 bits per heavy atom. The monoisotopic (exact) mass is 213 g/mol. The van der Waals surface area contributed by atoms with E-state index < -0.39 is 22.8 Å². The van der Waals surface area contributed by atoms with Gasteiger partial charge in [-0.3, -0.25) is 4.99 Å². The van der Waals surface area contributed by atoms with Gasteiger partial charge in [-0.15, -0.1) is 0 Å². The molecule has 0 amide bonds. The number of benzene rings is 1. The van der Waals surface area contributed by atoms with Crippen molar-refractivity contribution in [3.05, 3.63) is 35.1 Å². The van der Waals surface area contributed by atoms with Crippen molar-refractivity contribution in [2.45, 2.75) is 25.3 Å². The summed E-state index contributed by atoms with van der Waals surface area (Å²) in [6.45, 7) is 2.58. The minimum atomic E-state index is -3.28. The van der Waals surface area contributed by atoms with Gasteiger partial charge in [-0.2, -0.15) is 8.78 Å². The van der Waals surface area contributed by atoms with Gasteiger partial charge >= 0.3 is 5.92 Å². The maximum Gasteiger partial charge on any atom is 0.300 e. The van der Waals surface area contributed by atoms with E-state index in [1.54, 1.807) is 0 Å². The third-order valence-corrected chi connectivity index (χ3v) is 2.65. The summed E-state index contributed by atoms with van der Waals surface area (Å²) in [5.74, 6) is -4.15.